The van der Waals surface area contributed by atoms with Gasteiger partial charge < -0.3 is 11.1 Å². The van der Waals surface area contributed by atoms with Crippen molar-refractivity contribution in [1.29, 1.82) is 0 Å². The Morgan fingerprint density at radius 3 is 2.72 bits per heavy atom. The van der Waals surface area contributed by atoms with Crippen molar-refractivity contribution in [1.82, 2.24) is 5.32 Å². The summed E-state index contributed by atoms with van der Waals surface area (Å²) >= 11 is 6.17. The number of rotatable bonds is 6. The molecule has 18 heavy (non-hydrogen) atoms. The fourth-order valence-corrected chi connectivity index (χ4v) is 2.51. The highest BCUT2D eigenvalue weighted by Gasteiger charge is 2.27. The van der Waals surface area contributed by atoms with Crippen molar-refractivity contribution in [2.45, 2.75) is 32.7 Å². The van der Waals surface area contributed by atoms with Gasteiger partial charge in [0.1, 0.15) is 0 Å². The van der Waals surface area contributed by atoms with Gasteiger partial charge in [-0.25, -0.2) is 0 Å². The molecular weight excluding hydrogens is 244 g/mol. The van der Waals surface area contributed by atoms with Crippen LogP contribution in [0.2, 0.25) is 5.02 Å². The molecule has 3 heteroatoms. The second-order valence-corrected chi connectivity index (χ2v) is 5.93. The minimum atomic E-state index is 0.212. The van der Waals surface area contributed by atoms with Crippen LogP contribution in [-0.4, -0.2) is 13.1 Å². The predicted octanol–water partition coefficient (Wildman–Crippen LogP) is 3.28. The van der Waals surface area contributed by atoms with Gasteiger partial charge >= 0.3 is 0 Å². The molecular formula is C15H23ClN2. The zero-order valence-electron chi connectivity index (χ0n) is 11.2. The number of benzene rings is 1. The topological polar surface area (TPSA) is 38.0 Å². The standard InChI is InChI=1S/C15H23ClN2/c1-10-3-4-13(7-14(10)16)15(8-17)18-9-11(2)12-5-6-12/h3-4,7,11-12,15,18H,5-6,8-9,17H2,1-2H3. The highest BCUT2D eigenvalue weighted by Crippen LogP contribution is 2.36. The molecule has 100 valence electrons. The molecule has 3 N–H and O–H groups in total. The van der Waals surface area contributed by atoms with E-state index in [0.717, 1.165) is 29.0 Å². The van der Waals surface area contributed by atoms with Crippen molar-refractivity contribution < 1.29 is 0 Å². The Kier molecular flexibility index (Phi) is 4.66. The Hall–Kier alpha value is -0.570. The molecule has 0 aliphatic heterocycles. The van der Waals surface area contributed by atoms with Gasteiger partial charge in [0.2, 0.25) is 0 Å². The average Bonchev–Trinajstić information content (AvgIpc) is 3.18. The lowest BCUT2D eigenvalue weighted by Crippen LogP contribution is -2.32. The molecule has 0 radical (unpaired) electrons. The molecule has 2 unspecified atom stereocenters. The third kappa shape index (κ3) is 3.47. The predicted molar refractivity (Wildman–Crippen MR) is 77.9 cm³/mol. The Morgan fingerprint density at radius 2 is 2.17 bits per heavy atom. The van der Waals surface area contributed by atoms with Gasteiger partial charge in [0, 0.05) is 17.6 Å². The highest BCUT2D eigenvalue weighted by atomic mass is 35.5. The monoisotopic (exact) mass is 266 g/mol. The number of aryl methyl sites for hydroxylation is 1. The van der Waals surface area contributed by atoms with Crippen LogP contribution in [0.5, 0.6) is 0 Å². The molecule has 0 bridgehead atoms. The van der Waals surface area contributed by atoms with Crippen LogP contribution in [0.3, 0.4) is 0 Å². The van der Waals surface area contributed by atoms with Crippen molar-refractivity contribution in [2.24, 2.45) is 17.6 Å². The van der Waals surface area contributed by atoms with Crippen LogP contribution in [0.1, 0.15) is 36.9 Å². The lowest BCUT2D eigenvalue weighted by atomic mass is 10.0. The summed E-state index contributed by atoms with van der Waals surface area (Å²) in [6.45, 7) is 5.99. The first-order valence-corrected chi connectivity index (χ1v) is 7.19. The maximum absolute atomic E-state index is 6.17. The largest absolute Gasteiger partial charge is 0.329 e. The van der Waals surface area contributed by atoms with Crippen molar-refractivity contribution in [2.75, 3.05) is 13.1 Å². The summed E-state index contributed by atoms with van der Waals surface area (Å²) in [5.74, 6) is 1.68. The second-order valence-electron chi connectivity index (χ2n) is 5.52. The van der Waals surface area contributed by atoms with E-state index in [1.165, 1.54) is 18.4 Å². The van der Waals surface area contributed by atoms with Gasteiger partial charge in [-0.2, -0.15) is 0 Å². The third-order valence-electron chi connectivity index (χ3n) is 3.95. The van der Waals surface area contributed by atoms with E-state index in [9.17, 15) is 0 Å². The van der Waals surface area contributed by atoms with Crippen LogP contribution in [0.15, 0.2) is 18.2 Å². The van der Waals surface area contributed by atoms with Gasteiger partial charge in [0.25, 0.3) is 0 Å². The fourth-order valence-electron chi connectivity index (χ4n) is 2.32. The van der Waals surface area contributed by atoms with Gasteiger partial charge in [-0.05, 0) is 55.3 Å². The smallest absolute Gasteiger partial charge is 0.0445 e. The van der Waals surface area contributed by atoms with Gasteiger partial charge in [0.05, 0.1) is 0 Å². The number of hydrogen-bond donors (Lipinski definition) is 2. The van der Waals surface area contributed by atoms with E-state index >= 15 is 0 Å². The summed E-state index contributed by atoms with van der Waals surface area (Å²) in [7, 11) is 0. The number of hydrogen-bond acceptors (Lipinski definition) is 2. The summed E-state index contributed by atoms with van der Waals surface area (Å²) < 4.78 is 0. The first-order valence-electron chi connectivity index (χ1n) is 6.81. The SMILES string of the molecule is Cc1ccc(C(CN)NCC(C)C2CC2)cc1Cl. The Morgan fingerprint density at radius 1 is 1.44 bits per heavy atom. The molecule has 1 saturated carbocycles. The van der Waals surface area contributed by atoms with Crippen molar-refractivity contribution >= 4 is 11.6 Å². The van der Waals surface area contributed by atoms with Crippen LogP contribution < -0.4 is 11.1 Å². The Balaban J connectivity index is 1.96. The van der Waals surface area contributed by atoms with Crippen LogP contribution in [0.4, 0.5) is 0 Å². The summed E-state index contributed by atoms with van der Waals surface area (Å²) in [5, 5.41) is 4.39. The molecule has 2 rings (SSSR count). The summed E-state index contributed by atoms with van der Waals surface area (Å²) in [6, 6.07) is 6.42. The molecule has 1 aromatic carbocycles. The van der Waals surface area contributed by atoms with Gasteiger partial charge in [0.15, 0.2) is 0 Å². The van der Waals surface area contributed by atoms with Gasteiger partial charge in [-0.1, -0.05) is 30.7 Å². The molecule has 0 amide bonds. The Labute approximate surface area is 115 Å². The quantitative estimate of drug-likeness (QED) is 0.829. The normalized spacial score (nSPS) is 18.7. The molecule has 0 saturated heterocycles. The molecule has 2 atom stereocenters. The van der Waals surface area contributed by atoms with Crippen LogP contribution in [0, 0.1) is 18.8 Å². The maximum Gasteiger partial charge on any atom is 0.0445 e. The first kappa shape index (κ1) is 13.9. The van der Waals surface area contributed by atoms with E-state index in [2.05, 4.69) is 24.4 Å². The van der Waals surface area contributed by atoms with E-state index in [0.29, 0.717) is 6.54 Å². The zero-order valence-corrected chi connectivity index (χ0v) is 12.0. The maximum atomic E-state index is 6.17. The molecule has 1 aromatic rings. The summed E-state index contributed by atoms with van der Waals surface area (Å²) in [4.78, 5) is 0. The van der Waals surface area contributed by atoms with Crippen LogP contribution >= 0.6 is 11.6 Å². The molecule has 0 heterocycles. The first-order chi connectivity index (χ1) is 8.61. The van der Waals surface area contributed by atoms with E-state index < -0.39 is 0 Å². The number of nitrogens with one attached hydrogen (secondary N) is 1. The Bertz CT molecular complexity index is 401. The highest BCUT2D eigenvalue weighted by molar-refractivity contribution is 6.31. The lowest BCUT2D eigenvalue weighted by Gasteiger charge is -2.20. The van der Waals surface area contributed by atoms with E-state index in [4.69, 9.17) is 17.3 Å². The number of nitrogens with two attached hydrogens (primary N) is 1. The third-order valence-corrected chi connectivity index (χ3v) is 4.35. The van der Waals surface area contributed by atoms with E-state index in [1.807, 2.05) is 13.0 Å². The van der Waals surface area contributed by atoms with Crippen molar-refractivity contribution in [3.05, 3.63) is 34.3 Å². The lowest BCUT2D eigenvalue weighted by molar-refractivity contribution is 0.422. The van der Waals surface area contributed by atoms with E-state index in [1.54, 1.807) is 0 Å². The van der Waals surface area contributed by atoms with Crippen LogP contribution in [0.25, 0.3) is 0 Å². The number of halogens is 1. The summed E-state index contributed by atoms with van der Waals surface area (Å²) in [5.41, 5.74) is 8.17. The fraction of sp³-hybridized carbons (Fsp3) is 0.600. The molecule has 2 nitrogen and oxygen atoms in total. The molecule has 0 spiro atoms. The minimum absolute atomic E-state index is 0.212. The zero-order chi connectivity index (χ0) is 13.1. The minimum Gasteiger partial charge on any atom is -0.329 e. The average molecular weight is 267 g/mol. The molecule has 1 aliphatic carbocycles. The molecule has 1 aliphatic rings. The second kappa shape index (κ2) is 6.05. The molecule has 1 fully saturated rings. The molecule has 0 aromatic heterocycles. The summed E-state index contributed by atoms with van der Waals surface area (Å²) in [6.07, 6.45) is 2.79. The van der Waals surface area contributed by atoms with Crippen molar-refractivity contribution in [3.63, 3.8) is 0 Å². The van der Waals surface area contributed by atoms with Gasteiger partial charge in [-0.3, -0.25) is 0 Å². The van der Waals surface area contributed by atoms with Gasteiger partial charge in [-0.15, -0.1) is 0 Å². The van der Waals surface area contributed by atoms with Crippen molar-refractivity contribution in [3.8, 4) is 0 Å². The van der Waals surface area contributed by atoms with Crippen LogP contribution in [-0.2, 0) is 0 Å². The van der Waals surface area contributed by atoms with E-state index in [-0.39, 0.29) is 6.04 Å².